The van der Waals surface area contributed by atoms with Crippen LogP contribution in [0.5, 0.6) is 11.5 Å². The minimum Gasteiger partial charge on any atom is -0.456 e. The summed E-state index contributed by atoms with van der Waals surface area (Å²) in [5, 5.41) is 18.2. The van der Waals surface area contributed by atoms with Crippen LogP contribution < -0.4 is 4.74 Å². The van der Waals surface area contributed by atoms with E-state index in [1.165, 1.54) is 0 Å². The lowest BCUT2D eigenvalue weighted by Crippen LogP contribution is -1.99. The fourth-order valence-corrected chi connectivity index (χ4v) is 2.39. The molecule has 0 aromatic heterocycles. The first-order valence-electron chi connectivity index (χ1n) is 7.03. The van der Waals surface area contributed by atoms with Crippen LogP contribution in [0, 0.1) is 25.2 Å². The van der Waals surface area contributed by atoms with E-state index in [0.717, 1.165) is 28.9 Å². The fraction of sp³-hybridized carbons (Fsp3) is 0.278. The number of nitrogens with zero attached hydrogens (tertiary/aromatic N) is 1. The average molecular weight is 281 g/mol. The second-order valence-electron chi connectivity index (χ2n) is 5.10. The first kappa shape index (κ1) is 15.1. The van der Waals surface area contributed by atoms with Crippen molar-refractivity contribution in [3.05, 3.63) is 58.7 Å². The lowest BCUT2D eigenvalue weighted by molar-refractivity contribution is 0.288. The van der Waals surface area contributed by atoms with E-state index in [4.69, 9.17) is 15.1 Å². The van der Waals surface area contributed by atoms with Crippen LogP contribution in [0.2, 0.25) is 0 Å². The van der Waals surface area contributed by atoms with E-state index in [-0.39, 0.29) is 6.61 Å². The maximum atomic E-state index is 9.15. The summed E-state index contributed by atoms with van der Waals surface area (Å²) in [6.07, 6.45) is 1.45. The number of para-hydroxylation sites is 1. The van der Waals surface area contributed by atoms with Gasteiger partial charge in [-0.1, -0.05) is 18.2 Å². The highest BCUT2D eigenvalue weighted by molar-refractivity contribution is 5.49. The van der Waals surface area contributed by atoms with E-state index in [2.05, 4.69) is 12.1 Å². The molecule has 2 aromatic rings. The molecule has 0 heterocycles. The van der Waals surface area contributed by atoms with Gasteiger partial charge in [0.25, 0.3) is 0 Å². The highest BCUT2D eigenvalue weighted by Crippen LogP contribution is 2.31. The fourth-order valence-electron chi connectivity index (χ4n) is 2.39. The molecule has 0 spiro atoms. The third-order valence-electron chi connectivity index (χ3n) is 3.39. The normalized spacial score (nSPS) is 10.2. The highest BCUT2D eigenvalue weighted by atomic mass is 16.5. The molecule has 0 unspecified atom stereocenters. The summed E-state index contributed by atoms with van der Waals surface area (Å²) in [6, 6.07) is 13.4. The number of aliphatic hydroxyl groups excluding tert-OH is 1. The Hall–Kier alpha value is -2.31. The van der Waals surface area contributed by atoms with Gasteiger partial charge in [0.05, 0.1) is 5.56 Å². The monoisotopic (exact) mass is 281 g/mol. The molecule has 0 aliphatic heterocycles. The zero-order valence-electron chi connectivity index (χ0n) is 12.4. The maximum Gasteiger partial charge on any atom is 0.145 e. The quantitative estimate of drug-likeness (QED) is 0.904. The summed E-state index contributed by atoms with van der Waals surface area (Å²) in [6.45, 7) is 4.22. The first-order valence-corrected chi connectivity index (χ1v) is 7.03. The van der Waals surface area contributed by atoms with Crippen molar-refractivity contribution in [3.63, 3.8) is 0 Å². The summed E-state index contributed by atoms with van der Waals surface area (Å²) in [5.41, 5.74) is 3.87. The lowest BCUT2D eigenvalue weighted by atomic mass is 10.0. The summed E-state index contributed by atoms with van der Waals surface area (Å²) < 4.78 is 5.99. The molecular weight excluding hydrogens is 262 g/mol. The number of rotatable bonds is 5. The maximum absolute atomic E-state index is 9.15. The van der Waals surface area contributed by atoms with Crippen molar-refractivity contribution in [2.24, 2.45) is 0 Å². The number of aryl methyl sites for hydroxylation is 2. The minimum atomic E-state index is 0.154. The van der Waals surface area contributed by atoms with Gasteiger partial charge in [0.2, 0.25) is 0 Å². The molecule has 3 heteroatoms. The zero-order chi connectivity index (χ0) is 15.2. The summed E-state index contributed by atoms with van der Waals surface area (Å²) >= 11 is 0. The minimum absolute atomic E-state index is 0.154. The number of aliphatic hydroxyl groups is 1. The van der Waals surface area contributed by atoms with Gasteiger partial charge in [-0.2, -0.15) is 5.26 Å². The Morgan fingerprint density at radius 1 is 1.14 bits per heavy atom. The number of hydrogen-bond donors (Lipinski definition) is 1. The smallest absolute Gasteiger partial charge is 0.145 e. The van der Waals surface area contributed by atoms with Gasteiger partial charge in [-0.3, -0.25) is 0 Å². The van der Waals surface area contributed by atoms with E-state index in [0.29, 0.717) is 17.7 Å². The molecule has 0 saturated heterocycles. The van der Waals surface area contributed by atoms with Gasteiger partial charge in [-0.15, -0.1) is 0 Å². The van der Waals surface area contributed by atoms with Gasteiger partial charge in [-0.25, -0.2) is 0 Å². The van der Waals surface area contributed by atoms with Crippen LogP contribution in [0.25, 0.3) is 0 Å². The molecule has 21 heavy (non-hydrogen) atoms. The largest absolute Gasteiger partial charge is 0.456 e. The number of nitriles is 1. The Balaban J connectivity index is 2.41. The molecule has 0 radical (unpaired) electrons. The Kier molecular flexibility index (Phi) is 4.97. The van der Waals surface area contributed by atoms with E-state index >= 15 is 0 Å². The Morgan fingerprint density at radius 2 is 1.90 bits per heavy atom. The SMILES string of the molecule is Cc1cc(C)c(CCCO)c(Oc2ccccc2C#N)c1. The molecule has 1 N–H and O–H groups in total. The molecule has 0 atom stereocenters. The third kappa shape index (κ3) is 3.62. The topological polar surface area (TPSA) is 53.2 Å². The van der Waals surface area contributed by atoms with Crippen LogP contribution in [0.1, 0.15) is 28.7 Å². The molecule has 0 bridgehead atoms. The van der Waals surface area contributed by atoms with Crippen molar-refractivity contribution >= 4 is 0 Å². The Bertz CT molecular complexity index is 671. The van der Waals surface area contributed by atoms with E-state index in [1.54, 1.807) is 12.1 Å². The van der Waals surface area contributed by atoms with Crippen LogP contribution >= 0.6 is 0 Å². The number of benzene rings is 2. The number of ether oxygens (including phenoxy) is 1. The Labute approximate surface area is 125 Å². The molecule has 2 aromatic carbocycles. The van der Waals surface area contributed by atoms with Crippen LogP contribution in [0.4, 0.5) is 0 Å². The lowest BCUT2D eigenvalue weighted by Gasteiger charge is -2.15. The second kappa shape index (κ2) is 6.92. The van der Waals surface area contributed by atoms with Crippen molar-refractivity contribution in [2.75, 3.05) is 6.61 Å². The van der Waals surface area contributed by atoms with E-state index in [1.807, 2.05) is 32.0 Å². The summed E-state index contributed by atoms with van der Waals surface area (Å²) in [7, 11) is 0. The molecule has 2 rings (SSSR count). The van der Waals surface area contributed by atoms with Gasteiger partial charge in [0.15, 0.2) is 0 Å². The van der Waals surface area contributed by atoms with Crippen molar-refractivity contribution in [1.29, 1.82) is 5.26 Å². The van der Waals surface area contributed by atoms with Gasteiger partial charge < -0.3 is 9.84 Å². The predicted molar refractivity (Wildman–Crippen MR) is 82.6 cm³/mol. The molecule has 0 aliphatic carbocycles. The third-order valence-corrected chi connectivity index (χ3v) is 3.39. The summed E-state index contributed by atoms with van der Waals surface area (Å²) in [4.78, 5) is 0. The molecule has 0 amide bonds. The van der Waals surface area contributed by atoms with Crippen molar-refractivity contribution in [3.8, 4) is 17.6 Å². The Morgan fingerprint density at radius 3 is 2.62 bits per heavy atom. The zero-order valence-corrected chi connectivity index (χ0v) is 12.4. The van der Waals surface area contributed by atoms with Gasteiger partial charge >= 0.3 is 0 Å². The van der Waals surface area contributed by atoms with Gasteiger partial charge in [-0.05, 0) is 61.6 Å². The van der Waals surface area contributed by atoms with Crippen molar-refractivity contribution in [2.45, 2.75) is 26.7 Å². The van der Waals surface area contributed by atoms with Crippen molar-refractivity contribution in [1.82, 2.24) is 0 Å². The second-order valence-corrected chi connectivity index (χ2v) is 5.10. The average Bonchev–Trinajstić information content (AvgIpc) is 2.47. The molecule has 3 nitrogen and oxygen atoms in total. The van der Waals surface area contributed by atoms with Crippen LogP contribution in [0.3, 0.4) is 0 Å². The summed E-state index contributed by atoms with van der Waals surface area (Å²) in [5.74, 6) is 1.33. The van der Waals surface area contributed by atoms with Gasteiger partial charge in [0, 0.05) is 6.61 Å². The van der Waals surface area contributed by atoms with Gasteiger partial charge in [0.1, 0.15) is 17.6 Å². The number of hydrogen-bond acceptors (Lipinski definition) is 3. The first-order chi connectivity index (χ1) is 10.2. The van der Waals surface area contributed by atoms with Crippen molar-refractivity contribution < 1.29 is 9.84 Å². The standard InChI is InChI=1S/C18H19NO2/c1-13-10-14(2)16(7-5-9-20)18(11-13)21-17-8-4-3-6-15(17)12-19/h3-4,6,8,10-11,20H,5,7,9H2,1-2H3. The van der Waals surface area contributed by atoms with Crippen LogP contribution in [-0.2, 0) is 6.42 Å². The predicted octanol–water partition coefficient (Wildman–Crippen LogP) is 3.89. The molecule has 0 fully saturated rings. The van der Waals surface area contributed by atoms with E-state index < -0.39 is 0 Å². The molecule has 108 valence electrons. The van der Waals surface area contributed by atoms with E-state index in [9.17, 15) is 0 Å². The molecule has 0 aliphatic rings. The molecular formula is C18H19NO2. The van der Waals surface area contributed by atoms with Crippen LogP contribution in [-0.4, -0.2) is 11.7 Å². The van der Waals surface area contributed by atoms with Crippen LogP contribution in [0.15, 0.2) is 36.4 Å². The molecule has 0 saturated carbocycles. The highest BCUT2D eigenvalue weighted by Gasteiger charge is 2.11.